The van der Waals surface area contributed by atoms with Crippen molar-refractivity contribution < 1.29 is 28.9 Å². The number of carbonyl (C=O) groups is 1. The number of halogens is 1. The summed E-state index contributed by atoms with van der Waals surface area (Å²) in [4.78, 5) is 28.0. The van der Waals surface area contributed by atoms with E-state index in [2.05, 4.69) is 23.8 Å². The van der Waals surface area contributed by atoms with Gasteiger partial charge in [0.1, 0.15) is 12.2 Å². The van der Waals surface area contributed by atoms with Crippen LogP contribution in [0, 0.1) is 5.82 Å². The molecule has 0 radical (unpaired) electrons. The van der Waals surface area contributed by atoms with E-state index in [1.807, 2.05) is 0 Å². The average molecular weight is 610 g/mol. The molecule has 3 N–H and O–H groups in total. The Bertz CT molecular complexity index is 988. The van der Waals surface area contributed by atoms with Gasteiger partial charge in [-0.05, 0) is 6.42 Å². The summed E-state index contributed by atoms with van der Waals surface area (Å²) in [6.45, 7) is 5.62. The Labute approximate surface area is 257 Å². The Morgan fingerprint density at radius 1 is 0.930 bits per heavy atom. The van der Waals surface area contributed by atoms with Gasteiger partial charge in [0.25, 0.3) is 0 Å². The van der Waals surface area contributed by atoms with Gasteiger partial charge in [-0.1, -0.05) is 135 Å². The topological polar surface area (TPSA) is 123 Å². The first-order chi connectivity index (χ1) is 20.9. The fourth-order valence-corrected chi connectivity index (χ4v) is 5.46. The Morgan fingerprint density at radius 3 is 1.84 bits per heavy atom. The summed E-state index contributed by atoms with van der Waals surface area (Å²) in [6.07, 6.45) is 22.3. The highest BCUT2D eigenvalue weighted by molar-refractivity contribution is 5.83. The minimum Gasteiger partial charge on any atom is -0.449 e. The molecule has 0 bridgehead atoms. The van der Waals surface area contributed by atoms with Crippen molar-refractivity contribution in [3.05, 3.63) is 34.7 Å². The number of carbonyl (C=O) groups excluding carboxylic acids is 1. The van der Waals surface area contributed by atoms with Crippen LogP contribution in [0.1, 0.15) is 142 Å². The molecule has 1 aliphatic heterocycles. The molecule has 1 fully saturated rings. The molecule has 0 saturated carbocycles. The van der Waals surface area contributed by atoms with Crippen LogP contribution in [0.3, 0.4) is 0 Å². The van der Waals surface area contributed by atoms with E-state index in [4.69, 9.17) is 9.47 Å². The van der Waals surface area contributed by atoms with Crippen molar-refractivity contribution in [3.63, 3.8) is 0 Å². The summed E-state index contributed by atoms with van der Waals surface area (Å²) in [5.74, 6) is -1.54. The van der Waals surface area contributed by atoms with Crippen LogP contribution in [-0.2, 0) is 9.47 Å². The number of unbranched alkanes of at least 4 members (excludes halogenated alkanes) is 19. The predicted molar refractivity (Wildman–Crippen MR) is 168 cm³/mol. The second-order valence-electron chi connectivity index (χ2n) is 11.8. The SMILES string of the molecule is C=C1[C@H](n2cc(F)c(NC(=O)OCCCCCCCCCCCCCCCCCCCCCC)nc2=O)O[C@H](CO)[C@H]1O. The van der Waals surface area contributed by atoms with Gasteiger partial charge in [0.05, 0.1) is 19.4 Å². The predicted octanol–water partition coefficient (Wildman–Crippen LogP) is 7.56. The van der Waals surface area contributed by atoms with E-state index in [-0.39, 0.29) is 12.2 Å². The molecule has 1 aromatic rings. The van der Waals surface area contributed by atoms with Crippen LogP contribution in [-0.4, -0.2) is 51.3 Å². The lowest BCUT2D eigenvalue weighted by molar-refractivity contribution is -0.0449. The number of hydrogen-bond acceptors (Lipinski definition) is 7. The highest BCUT2D eigenvalue weighted by atomic mass is 19.1. The molecule has 1 aromatic heterocycles. The van der Waals surface area contributed by atoms with Gasteiger partial charge in [-0.3, -0.25) is 9.88 Å². The quantitative estimate of drug-likeness (QED) is 0.0816. The third-order valence-electron chi connectivity index (χ3n) is 8.14. The zero-order valence-electron chi connectivity index (χ0n) is 26.4. The fraction of sp³-hybridized carbons (Fsp3) is 0.788. The van der Waals surface area contributed by atoms with Crippen LogP contribution in [0.15, 0.2) is 23.1 Å². The molecular weight excluding hydrogens is 553 g/mol. The third kappa shape index (κ3) is 14.4. The van der Waals surface area contributed by atoms with Crippen molar-refractivity contribution in [2.75, 3.05) is 18.5 Å². The summed E-state index contributed by atoms with van der Waals surface area (Å²) in [5, 5.41) is 21.4. The monoisotopic (exact) mass is 609 g/mol. The van der Waals surface area contributed by atoms with E-state index >= 15 is 0 Å². The number of anilines is 1. The zero-order valence-corrected chi connectivity index (χ0v) is 26.4. The molecule has 0 aliphatic carbocycles. The second-order valence-corrected chi connectivity index (χ2v) is 11.8. The normalized spacial score (nSPS) is 18.3. The Morgan fingerprint density at radius 2 is 1.40 bits per heavy atom. The molecule has 9 nitrogen and oxygen atoms in total. The van der Waals surface area contributed by atoms with Crippen LogP contribution >= 0.6 is 0 Å². The molecule has 0 unspecified atom stereocenters. The van der Waals surface area contributed by atoms with Crippen molar-refractivity contribution in [1.29, 1.82) is 0 Å². The van der Waals surface area contributed by atoms with Gasteiger partial charge in [0.15, 0.2) is 17.9 Å². The van der Waals surface area contributed by atoms with Gasteiger partial charge in [-0.15, -0.1) is 0 Å². The minimum absolute atomic E-state index is 0.0947. The molecule has 1 saturated heterocycles. The van der Waals surface area contributed by atoms with E-state index in [0.29, 0.717) is 6.42 Å². The molecule has 1 aliphatic rings. The number of aliphatic hydroxyl groups excluding tert-OH is 2. The fourth-order valence-electron chi connectivity index (χ4n) is 5.46. The summed E-state index contributed by atoms with van der Waals surface area (Å²) in [7, 11) is 0. The van der Waals surface area contributed by atoms with Crippen LogP contribution in [0.5, 0.6) is 0 Å². The maximum Gasteiger partial charge on any atom is 0.412 e. The highest BCUT2D eigenvalue weighted by Gasteiger charge is 2.39. The molecule has 246 valence electrons. The minimum atomic E-state index is -1.20. The van der Waals surface area contributed by atoms with Gasteiger partial charge in [-0.2, -0.15) is 4.98 Å². The number of aromatic nitrogens is 2. The summed E-state index contributed by atoms with van der Waals surface area (Å²) in [6, 6.07) is 0. The van der Waals surface area contributed by atoms with E-state index in [1.54, 1.807) is 0 Å². The highest BCUT2D eigenvalue weighted by Crippen LogP contribution is 2.32. The van der Waals surface area contributed by atoms with Crippen LogP contribution in [0.4, 0.5) is 15.0 Å². The maximum absolute atomic E-state index is 14.5. The van der Waals surface area contributed by atoms with E-state index in [9.17, 15) is 24.2 Å². The van der Waals surface area contributed by atoms with Gasteiger partial charge < -0.3 is 19.7 Å². The van der Waals surface area contributed by atoms with Crippen molar-refractivity contribution in [2.45, 2.75) is 154 Å². The number of nitrogens with zero attached hydrogens (tertiary/aromatic N) is 2. The van der Waals surface area contributed by atoms with E-state index in [0.717, 1.165) is 23.6 Å². The number of hydrogen-bond donors (Lipinski definition) is 3. The Kier molecular flexibility index (Phi) is 19.1. The number of amides is 1. The third-order valence-corrected chi connectivity index (χ3v) is 8.14. The largest absolute Gasteiger partial charge is 0.449 e. The van der Waals surface area contributed by atoms with Gasteiger partial charge in [0.2, 0.25) is 0 Å². The lowest BCUT2D eigenvalue weighted by Gasteiger charge is -2.15. The average Bonchev–Trinajstić information content (AvgIpc) is 3.28. The molecule has 1 amide bonds. The summed E-state index contributed by atoms with van der Waals surface area (Å²) in [5.41, 5.74) is -0.819. The van der Waals surface area contributed by atoms with E-state index < -0.39 is 48.5 Å². The Hall–Kier alpha value is -2.30. The summed E-state index contributed by atoms with van der Waals surface area (Å²) < 4.78 is 25.8. The van der Waals surface area contributed by atoms with E-state index in [1.165, 1.54) is 109 Å². The standard InChI is InChI=1S/C33H56FN3O6/c1-3-4-5-6-7-8-9-10-11-12-13-14-15-16-17-18-19-20-21-22-23-42-33(41)36-30-27(34)24-37(32(40)35-30)31-26(2)29(39)28(25-38)43-31/h24,28-29,31,38-39H,2-23,25H2,1H3,(H,35,36,40,41)/t28-,29+,31-/m1/s1. The Balaban J connectivity index is 1.43. The molecular formula is C33H56FN3O6. The maximum atomic E-state index is 14.5. The number of nitrogens with one attached hydrogen (secondary N) is 1. The van der Waals surface area contributed by atoms with Gasteiger partial charge >= 0.3 is 11.8 Å². The lowest BCUT2D eigenvalue weighted by atomic mass is 10.0. The molecule has 2 rings (SSSR count). The van der Waals surface area contributed by atoms with Gasteiger partial charge in [0, 0.05) is 5.57 Å². The van der Waals surface area contributed by atoms with Crippen molar-refractivity contribution in [1.82, 2.24) is 9.55 Å². The lowest BCUT2D eigenvalue weighted by Crippen LogP contribution is -2.30. The first-order valence-corrected chi connectivity index (χ1v) is 16.7. The van der Waals surface area contributed by atoms with Crippen LogP contribution < -0.4 is 11.0 Å². The number of aliphatic hydroxyl groups is 2. The van der Waals surface area contributed by atoms with Crippen LogP contribution in [0.2, 0.25) is 0 Å². The van der Waals surface area contributed by atoms with Gasteiger partial charge in [-0.25, -0.2) is 14.0 Å². The van der Waals surface area contributed by atoms with Crippen molar-refractivity contribution in [2.24, 2.45) is 0 Å². The van der Waals surface area contributed by atoms with Crippen LogP contribution in [0.25, 0.3) is 0 Å². The van der Waals surface area contributed by atoms with Crippen molar-refractivity contribution >= 4 is 11.9 Å². The second kappa shape index (κ2) is 22.2. The van der Waals surface area contributed by atoms with Crippen molar-refractivity contribution in [3.8, 4) is 0 Å². The summed E-state index contributed by atoms with van der Waals surface area (Å²) >= 11 is 0. The number of ether oxygens (including phenoxy) is 2. The molecule has 2 heterocycles. The smallest absolute Gasteiger partial charge is 0.412 e. The molecule has 43 heavy (non-hydrogen) atoms. The first kappa shape index (κ1) is 36.9. The molecule has 0 aromatic carbocycles. The number of rotatable bonds is 24. The zero-order chi connectivity index (χ0) is 31.3. The molecule has 10 heteroatoms. The first-order valence-electron chi connectivity index (χ1n) is 16.7. The molecule has 0 spiro atoms. The molecule has 3 atom stereocenters.